The Bertz CT molecular complexity index is 737. The van der Waals surface area contributed by atoms with Gasteiger partial charge in [-0.15, -0.1) is 0 Å². The molecule has 1 amide bonds. The highest BCUT2D eigenvalue weighted by Gasteiger charge is 2.14. The van der Waals surface area contributed by atoms with E-state index in [1.807, 2.05) is 0 Å². The molecule has 0 aliphatic carbocycles. The topological polar surface area (TPSA) is 79.3 Å². The first kappa shape index (κ1) is 15.0. The molecule has 2 rings (SSSR count). The van der Waals surface area contributed by atoms with Crippen molar-refractivity contribution in [3.05, 3.63) is 57.8 Å². The summed E-state index contributed by atoms with van der Waals surface area (Å²) >= 11 is 2.82. The summed E-state index contributed by atoms with van der Waals surface area (Å²) in [5, 5.41) is 10.9. The van der Waals surface area contributed by atoms with Gasteiger partial charge in [0.15, 0.2) is 0 Å². The first-order chi connectivity index (χ1) is 9.88. The smallest absolute Gasteiger partial charge is 0.354 e. The van der Waals surface area contributed by atoms with Gasteiger partial charge in [-0.2, -0.15) is 0 Å². The molecule has 21 heavy (non-hydrogen) atoms. The number of hydrogen-bond acceptors (Lipinski definition) is 3. The average molecular weight is 357 g/mol. The Morgan fingerprint density at radius 1 is 1.19 bits per heavy atom. The Morgan fingerprint density at radius 2 is 1.90 bits per heavy atom. The van der Waals surface area contributed by atoms with Crippen LogP contribution in [0.1, 0.15) is 20.8 Å². The molecule has 1 aromatic heterocycles. The molecule has 1 aromatic carbocycles. The van der Waals surface area contributed by atoms with Crippen molar-refractivity contribution in [1.82, 2.24) is 4.98 Å². The van der Waals surface area contributed by atoms with Crippen molar-refractivity contribution in [2.24, 2.45) is 0 Å². The number of benzene rings is 1. The fourth-order valence-corrected chi connectivity index (χ4v) is 1.82. The van der Waals surface area contributed by atoms with Crippen molar-refractivity contribution in [3.63, 3.8) is 0 Å². The number of pyridine rings is 1. The summed E-state index contributed by atoms with van der Waals surface area (Å²) in [7, 11) is 0. The van der Waals surface area contributed by atoms with E-state index < -0.39 is 23.5 Å². The van der Waals surface area contributed by atoms with E-state index >= 15 is 0 Å². The number of nitrogens with zero attached hydrogens (tertiary/aromatic N) is 1. The molecule has 2 N–H and O–H groups in total. The zero-order valence-electron chi connectivity index (χ0n) is 10.2. The maximum atomic E-state index is 13.6. The zero-order valence-corrected chi connectivity index (χ0v) is 11.8. The normalized spacial score (nSPS) is 10.2. The number of aromatic nitrogens is 1. The van der Waals surface area contributed by atoms with E-state index in [0.717, 1.165) is 24.4 Å². The van der Waals surface area contributed by atoms with Gasteiger partial charge in [-0.25, -0.2) is 18.6 Å². The summed E-state index contributed by atoms with van der Waals surface area (Å²) in [6.07, 6.45) is 1.14. The van der Waals surface area contributed by atoms with Gasteiger partial charge in [0.05, 0.1) is 10.2 Å². The van der Waals surface area contributed by atoms with Crippen LogP contribution in [0.2, 0.25) is 0 Å². The molecule has 0 aliphatic heterocycles. The Morgan fingerprint density at radius 3 is 2.57 bits per heavy atom. The predicted octanol–water partition coefficient (Wildman–Crippen LogP) is 3.07. The van der Waals surface area contributed by atoms with Gasteiger partial charge in [0.25, 0.3) is 5.91 Å². The van der Waals surface area contributed by atoms with Crippen molar-refractivity contribution in [2.45, 2.75) is 0 Å². The fraction of sp³-hybridized carbons (Fsp3) is 0. The number of rotatable bonds is 3. The predicted molar refractivity (Wildman–Crippen MR) is 73.2 cm³/mol. The van der Waals surface area contributed by atoms with E-state index in [2.05, 4.69) is 26.2 Å². The summed E-state index contributed by atoms with van der Waals surface area (Å²) in [4.78, 5) is 26.2. The number of halogens is 3. The number of aromatic carboxylic acids is 1. The van der Waals surface area contributed by atoms with Gasteiger partial charge in [-0.05, 0) is 34.1 Å². The number of anilines is 1. The minimum absolute atomic E-state index is 0.0369. The van der Waals surface area contributed by atoms with Gasteiger partial charge in [-0.3, -0.25) is 4.79 Å². The van der Waals surface area contributed by atoms with Crippen LogP contribution >= 0.6 is 15.9 Å². The Balaban J connectivity index is 2.28. The van der Waals surface area contributed by atoms with Crippen LogP contribution in [-0.4, -0.2) is 22.0 Å². The van der Waals surface area contributed by atoms with Crippen LogP contribution in [0.25, 0.3) is 0 Å². The standard InChI is InChI=1S/C13H7BrF2N2O3/c14-7-4-9(16)10(5-8(7)15)18-12(19)6-1-2-17-11(3-6)13(20)21/h1-5H,(H,18,19)(H,20,21). The quantitative estimate of drug-likeness (QED) is 0.828. The molecule has 0 radical (unpaired) electrons. The second-order valence-electron chi connectivity index (χ2n) is 3.94. The highest BCUT2D eigenvalue weighted by molar-refractivity contribution is 9.10. The molecular formula is C13H7BrF2N2O3. The number of nitrogens with one attached hydrogen (secondary N) is 1. The highest BCUT2D eigenvalue weighted by Crippen LogP contribution is 2.23. The van der Waals surface area contributed by atoms with Gasteiger partial charge in [0.1, 0.15) is 17.3 Å². The zero-order chi connectivity index (χ0) is 15.6. The monoisotopic (exact) mass is 356 g/mol. The van der Waals surface area contributed by atoms with Crippen LogP contribution in [0.3, 0.4) is 0 Å². The molecule has 0 atom stereocenters. The second-order valence-corrected chi connectivity index (χ2v) is 4.79. The van der Waals surface area contributed by atoms with Crippen LogP contribution in [0.5, 0.6) is 0 Å². The Labute approximate surface area is 125 Å². The number of carboxylic acid groups (broad SMARTS) is 1. The van der Waals surface area contributed by atoms with E-state index in [1.165, 1.54) is 6.07 Å². The number of amides is 1. The summed E-state index contributed by atoms with van der Waals surface area (Å²) < 4.78 is 26.9. The fourth-order valence-electron chi connectivity index (χ4n) is 1.50. The summed E-state index contributed by atoms with van der Waals surface area (Å²) in [6.45, 7) is 0. The lowest BCUT2D eigenvalue weighted by Crippen LogP contribution is -2.14. The van der Waals surface area contributed by atoms with E-state index in [4.69, 9.17) is 5.11 Å². The second kappa shape index (κ2) is 5.96. The number of carboxylic acids is 1. The molecule has 5 nitrogen and oxygen atoms in total. The molecular weight excluding hydrogens is 350 g/mol. The third-order valence-corrected chi connectivity index (χ3v) is 3.11. The molecule has 0 fully saturated rings. The van der Waals surface area contributed by atoms with Gasteiger partial charge in [0.2, 0.25) is 0 Å². The van der Waals surface area contributed by atoms with Crippen LogP contribution in [0.15, 0.2) is 34.9 Å². The number of carbonyl (C=O) groups is 2. The lowest BCUT2D eigenvalue weighted by Gasteiger charge is -2.07. The van der Waals surface area contributed by atoms with Crippen molar-refractivity contribution in [1.29, 1.82) is 0 Å². The van der Waals surface area contributed by atoms with Crippen molar-refractivity contribution in [3.8, 4) is 0 Å². The Kier molecular flexibility index (Phi) is 4.27. The highest BCUT2D eigenvalue weighted by atomic mass is 79.9. The summed E-state index contributed by atoms with van der Waals surface area (Å²) in [5.41, 5.74) is -0.718. The molecule has 1 heterocycles. The van der Waals surface area contributed by atoms with E-state index in [1.54, 1.807) is 0 Å². The molecule has 108 valence electrons. The first-order valence-corrected chi connectivity index (χ1v) is 6.33. The van der Waals surface area contributed by atoms with Crippen molar-refractivity contribution in [2.75, 3.05) is 5.32 Å². The van der Waals surface area contributed by atoms with E-state index in [0.29, 0.717) is 0 Å². The van der Waals surface area contributed by atoms with Gasteiger partial charge in [-0.1, -0.05) is 0 Å². The first-order valence-electron chi connectivity index (χ1n) is 5.53. The number of carbonyl (C=O) groups excluding carboxylic acids is 1. The summed E-state index contributed by atoms with van der Waals surface area (Å²) in [6, 6.07) is 3.98. The maximum Gasteiger partial charge on any atom is 0.354 e. The van der Waals surface area contributed by atoms with Gasteiger partial charge in [0, 0.05) is 17.8 Å². The van der Waals surface area contributed by atoms with Crippen molar-refractivity contribution < 1.29 is 23.5 Å². The lowest BCUT2D eigenvalue weighted by atomic mass is 10.2. The van der Waals surface area contributed by atoms with E-state index in [9.17, 15) is 18.4 Å². The van der Waals surface area contributed by atoms with Gasteiger partial charge < -0.3 is 10.4 Å². The SMILES string of the molecule is O=C(Nc1cc(F)c(Br)cc1F)c1ccnc(C(=O)O)c1. The molecule has 0 aliphatic rings. The molecule has 0 spiro atoms. The van der Waals surface area contributed by atoms with Crippen LogP contribution in [-0.2, 0) is 0 Å². The molecule has 0 unspecified atom stereocenters. The van der Waals surface area contributed by atoms with E-state index in [-0.39, 0.29) is 21.4 Å². The molecule has 0 saturated heterocycles. The average Bonchev–Trinajstić information content (AvgIpc) is 2.44. The van der Waals surface area contributed by atoms with Crippen molar-refractivity contribution >= 4 is 33.5 Å². The maximum absolute atomic E-state index is 13.6. The number of hydrogen-bond donors (Lipinski definition) is 2. The molecule has 0 bridgehead atoms. The Hall–Kier alpha value is -2.35. The molecule has 8 heteroatoms. The minimum atomic E-state index is -1.30. The molecule has 2 aromatic rings. The molecule has 0 saturated carbocycles. The minimum Gasteiger partial charge on any atom is -0.477 e. The third kappa shape index (κ3) is 3.40. The van der Waals surface area contributed by atoms with Crippen LogP contribution in [0.4, 0.5) is 14.5 Å². The van der Waals surface area contributed by atoms with Crippen LogP contribution in [0, 0.1) is 11.6 Å². The largest absolute Gasteiger partial charge is 0.477 e. The third-order valence-electron chi connectivity index (χ3n) is 2.50. The van der Waals surface area contributed by atoms with Gasteiger partial charge >= 0.3 is 5.97 Å². The lowest BCUT2D eigenvalue weighted by molar-refractivity contribution is 0.0690. The van der Waals surface area contributed by atoms with Crippen LogP contribution < -0.4 is 5.32 Å². The summed E-state index contributed by atoms with van der Waals surface area (Å²) in [5.74, 6) is -3.65.